The summed E-state index contributed by atoms with van der Waals surface area (Å²) in [6.45, 7) is 0. The number of Topliss-reactive ketones (excluding diaryl/α,β-unsaturated/α-hetero) is 1. The number of hydrogen-bond acceptors (Lipinski definition) is 7. The monoisotopic (exact) mass is 501 g/mol. The predicted molar refractivity (Wildman–Crippen MR) is 148 cm³/mol. The third-order valence-electron chi connectivity index (χ3n) is 5.78. The molecule has 38 heavy (non-hydrogen) atoms. The van der Waals surface area contributed by atoms with Gasteiger partial charge in [-0.15, -0.1) is 0 Å². The number of hydrazone groups is 1. The summed E-state index contributed by atoms with van der Waals surface area (Å²) in [4.78, 5) is 26.5. The highest BCUT2D eigenvalue weighted by Gasteiger charge is 2.30. The number of benzene rings is 4. The number of ketones is 1. The van der Waals surface area contributed by atoms with E-state index < -0.39 is 11.7 Å². The Hall–Kier alpha value is -5.37. The minimum absolute atomic E-state index is 0.0215. The lowest BCUT2D eigenvalue weighted by Gasteiger charge is -2.18. The van der Waals surface area contributed by atoms with Crippen molar-refractivity contribution in [3.8, 4) is 5.75 Å². The number of nitrogens with zero attached hydrogens (tertiary/aromatic N) is 3. The molecule has 5 rings (SSSR count). The molecule has 4 aromatic rings. The van der Waals surface area contributed by atoms with Crippen molar-refractivity contribution in [2.45, 2.75) is 0 Å². The van der Waals surface area contributed by atoms with Gasteiger partial charge in [0.15, 0.2) is 0 Å². The number of rotatable bonds is 7. The largest absolute Gasteiger partial charge is 0.495 e. The zero-order chi connectivity index (χ0) is 26.3. The number of carbonyl (C=O) groups excluding carboxylic acids is 2. The molecular formula is C30H23N5O3. The Balaban J connectivity index is 1.36. The molecule has 4 aromatic carbocycles. The molecule has 0 aromatic heterocycles. The molecule has 0 bridgehead atoms. The van der Waals surface area contributed by atoms with E-state index in [0.717, 1.165) is 11.3 Å². The highest BCUT2D eigenvalue weighted by Crippen LogP contribution is 2.27. The van der Waals surface area contributed by atoms with Crippen LogP contribution in [0.4, 0.5) is 22.7 Å². The summed E-state index contributed by atoms with van der Waals surface area (Å²) in [7, 11) is 1.52. The van der Waals surface area contributed by atoms with Crippen LogP contribution in [0.25, 0.3) is 6.08 Å². The van der Waals surface area contributed by atoms with Gasteiger partial charge in [-0.25, -0.2) is 0 Å². The van der Waals surface area contributed by atoms with Crippen molar-refractivity contribution in [1.82, 2.24) is 0 Å². The zero-order valence-corrected chi connectivity index (χ0v) is 20.5. The maximum atomic E-state index is 13.4. The van der Waals surface area contributed by atoms with Gasteiger partial charge in [0.25, 0.3) is 5.91 Å². The number of para-hydroxylation sites is 2. The molecule has 0 heterocycles. The van der Waals surface area contributed by atoms with Gasteiger partial charge < -0.3 is 10.1 Å². The normalized spacial score (nSPS) is 13.7. The van der Waals surface area contributed by atoms with Crippen LogP contribution in [0.1, 0.15) is 11.1 Å². The van der Waals surface area contributed by atoms with E-state index in [0.29, 0.717) is 28.4 Å². The van der Waals surface area contributed by atoms with Gasteiger partial charge >= 0.3 is 0 Å². The Labute approximate surface area is 219 Å². The molecule has 0 saturated heterocycles. The van der Waals surface area contributed by atoms with Crippen LogP contribution in [0.3, 0.4) is 0 Å². The van der Waals surface area contributed by atoms with Gasteiger partial charge in [0, 0.05) is 5.56 Å². The number of nitrogens with one attached hydrogen (secondary N) is 2. The van der Waals surface area contributed by atoms with Gasteiger partial charge in [0.2, 0.25) is 5.78 Å². The molecule has 1 aliphatic rings. The Morgan fingerprint density at radius 1 is 0.763 bits per heavy atom. The number of anilines is 2. The Bertz CT molecular complexity index is 1580. The Kier molecular flexibility index (Phi) is 7.13. The van der Waals surface area contributed by atoms with Crippen molar-refractivity contribution in [2.75, 3.05) is 17.9 Å². The van der Waals surface area contributed by atoms with E-state index >= 15 is 0 Å². The van der Waals surface area contributed by atoms with Crippen molar-refractivity contribution in [1.29, 1.82) is 0 Å². The molecule has 0 saturated carbocycles. The lowest BCUT2D eigenvalue weighted by molar-refractivity contribution is -0.116. The van der Waals surface area contributed by atoms with E-state index in [2.05, 4.69) is 26.1 Å². The van der Waals surface area contributed by atoms with E-state index in [1.165, 1.54) is 7.11 Å². The maximum Gasteiger partial charge on any atom is 0.259 e. The van der Waals surface area contributed by atoms with Crippen LogP contribution in [-0.2, 0) is 9.59 Å². The second-order valence-corrected chi connectivity index (χ2v) is 8.28. The smallest absolute Gasteiger partial charge is 0.259 e. The fourth-order valence-corrected chi connectivity index (χ4v) is 3.86. The van der Waals surface area contributed by atoms with Crippen LogP contribution >= 0.6 is 0 Å². The fraction of sp³-hybridized carbons (Fsp3) is 0.0333. The molecule has 0 atom stereocenters. The van der Waals surface area contributed by atoms with Gasteiger partial charge in [-0.05, 0) is 60.2 Å². The highest BCUT2D eigenvalue weighted by molar-refractivity contribution is 6.59. The molecule has 0 spiro atoms. The number of azo groups is 1. The van der Waals surface area contributed by atoms with E-state index in [4.69, 9.17) is 4.74 Å². The quantitative estimate of drug-likeness (QED) is 0.171. The SMILES string of the molecule is COc1ccccc1NC(=O)C1=Cc2ccccc2/C(=N/Nc2ccc(N=Nc3ccccc3)cc2)C1=O. The molecule has 0 aliphatic heterocycles. The average Bonchev–Trinajstić information content (AvgIpc) is 2.96. The molecule has 186 valence electrons. The number of amides is 1. The van der Waals surface area contributed by atoms with Crippen LogP contribution in [0.5, 0.6) is 5.75 Å². The number of carbonyl (C=O) groups is 2. The summed E-state index contributed by atoms with van der Waals surface area (Å²) < 4.78 is 5.31. The van der Waals surface area contributed by atoms with Crippen LogP contribution in [-0.4, -0.2) is 24.5 Å². The highest BCUT2D eigenvalue weighted by atomic mass is 16.5. The number of methoxy groups -OCH3 is 1. The molecule has 8 nitrogen and oxygen atoms in total. The van der Waals surface area contributed by atoms with Gasteiger partial charge in [-0.2, -0.15) is 15.3 Å². The second-order valence-electron chi connectivity index (χ2n) is 8.28. The molecule has 0 unspecified atom stereocenters. The fourth-order valence-electron chi connectivity index (χ4n) is 3.86. The predicted octanol–water partition coefficient (Wildman–Crippen LogP) is 6.53. The molecule has 2 N–H and O–H groups in total. The van der Waals surface area contributed by atoms with E-state index in [-0.39, 0.29) is 11.3 Å². The zero-order valence-electron chi connectivity index (χ0n) is 20.5. The van der Waals surface area contributed by atoms with Gasteiger partial charge in [0.05, 0.1) is 35.4 Å². The summed E-state index contributed by atoms with van der Waals surface area (Å²) in [6.07, 6.45) is 1.58. The van der Waals surface area contributed by atoms with Crippen LogP contribution in [0, 0.1) is 0 Å². The first-order valence-corrected chi connectivity index (χ1v) is 11.8. The lowest BCUT2D eigenvalue weighted by atomic mass is 9.89. The molecule has 0 radical (unpaired) electrons. The van der Waals surface area contributed by atoms with Crippen molar-refractivity contribution in [3.05, 3.63) is 120 Å². The molecular weight excluding hydrogens is 478 g/mol. The minimum Gasteiger partial charge on any atom is -0.495 e. The van der Waals surface area contributed by atoms with Gasteiger partial charge in [0.1, 0.15) is 11.5 Å². The Morgan fingerprint density at radius 3 is 2.18 bits per heavy atom. The first-order valence-electron chi connectivity index (χ1n) is 11.8. The third kappa shape index (κ3) is 5.39. The summed E-state index contributed by atoms with van der Waals surface area (Å²) in [5, 5.41) is 15.6. The summed E-state index contributed by atoms with van der Waals surface area (Å²) in [5.74, 6) is -0.542. The van der Waals surface area contributed by atoms with Crippen LogP contribution < -0.4 is 15.5 Å². The average molecular weight is 502 g/mol. The van der Waals surface area contributed by atoms with Gasteiger partial charge in [-0.3, -0.25) is 15.0 Å². The molecule has 0 fully saturated rings. The Morgan fingerprint density at radius 2 is 1.42 bits per heavy atom. The first kappa shape index (κ1) is 24.3. The van der Waals surface area contributed by atoms with Crippen molar-refractivity contribution < 1.29 is 14.3 Å². The summed E-state index contributed by atoms with van der Waals surface area (Å²) in [5.41, 5.74) is 6.94. The van der Waals surface area contributed by atoms with Crippen molar-refractivity contribution in [3.63, 3.8) is 0 Å². The second kappa shape index (κ2) is 11.1. The third-order valence-corrected chi connectivity index (χ3v) is 5.78. The van der Waals surface area contributed by atoms with Crippen LogP contribution in [0.15, 0.2) is 124 Å². The lowest BCUT2D eigenvalue weighted by Crippen LogP contribution is -2.30. The number of hydrogen-bond donors (Lipinski definition) is 2. The summed E-state index contributed by atoms with van der Waals surface area (Å²) >= 11 is 0. The topological polar surface area (TPSA) is 105 Å². The maximum absolute atomic E-state index is 13.4. The van der Waals surface area contributed by atoms with E-state index in [1.807, 2.05) is 48.5 Å². The van der Waals surface area contributed by atoms with E-state index in [9.17, 15) is 9.59 Å². The molecule has 8 heteroatoms. The molecule has 1 aliphatic carbocycles. The first-order chi connectivity index (χ1) is 18.6. The number of ether oxygens (including phenoxy) is 1. The van der Waals surface area contributed by atoms with Gasteiger partial charge in [-0.1, -0.05) is 54.6 Å². The van der Waals surface area contributed by atoms with Crippen molar-refractivity contribution >= 4 is 46.2 Å². The van der Waals surface area contributed by atoms with E-state index in [1.54, 1.807) is 60.7 Å². The standard InChI is InChI=1S/C30H23N5O3/c1-38-27-14-8-7-13-26(27)31-30(37)25-19-20-9-5-6-12-24(20)28(29(25)36)35-34-23-17-15-22(16-18-23)33-32-21-10-3-2-4-11-21/h2-19,34H,1H3,(H,31,37)/b33-32?,35-28-. The summed E-state index contributed by atoms with van der Waals surface area (Å²) in [6, 6.07) is 30.9. The minimum atomic E-state index is -0.546. The molecule has 1 amide bonds. The van der Waals surface area contributed by atoms with Crippen molar-refractivity contribution in [2.24, 2.45) is 15.3 Å². The van der Waals surface area contributed by atoms with Crippen LogP contribution in [0.2, 0.25) is 0 Å². The number of fused-ring (bicyclic) bond motifs is 1.